The predicted octanol–water partition coefficient (Wildman–Crippen LogP) is 4.07. The molecule has 31 heavy (non-hydrogen) atoms. The van der Waals surface area contributed by atoms with Crippen LogP contribution in [0.1, 0.15) is 5.56 Å². The van der Waals surface area contributed by atoms with Gasteiger partial charge in [-0.25, -0.2) is 4.98 Å². The van der Waals surface area contributed by atoms with Crippen LogP contribution in [0.4, 0.5) is 5.13 Å². The van der Waals surface area contributed by atoms with E-state index in [1.54, 1.807) is 30.5 Å². The average molecular weight is 433 g/mol. The number of carbonyl (C=O) groups is 1. The number of pyridine rings is 1. The highest BCUT2D eigenvalue weighted by Gasteiger charge is 2.33. The Morgan fingerprint density at radius 3 is 2.87 bits per heavy atom. The summed E-state index contributed by atoms with van der Waals surface area (Å²) in [4.78, 5) is 24.1. The molecule has 3 heterocycles. The molecule has 0 spiro atoms. The van der Waals surface area contributed by atoms with Gasteiger partial charge in [0.05, 0.1) is 23.9 Å². The van der Waals surface area contributed by atoms with Crippen molar-refractivity contribution in [1.29, 1.82) is 0 Å². The lowest BCUT2D eigenvalue weighted by Gasteiger charge is -2.29. The lowest BCUT2D eigenvalue weighted by atomic mass is 10.2. The molecule has 0 fully saturated rings. The van der Waals surface area contributed by atoms with Crippen LogP contribution in [0.25, 0.3) is 10.2 Å². The summed E-state index contributed by atoms with van der Waals surface area (Å²) in [5.41, 5.74) is 1.70. The third kappa shape index (κ3) is 3.89. The van der Waals surface area contributed by atoms with Crippen LogP contribution >= 0.6 is 11.3 Å². The van der Waals surface area contributed by atoms with Gasteiger partial charge in [0.1, 0.15) is 12.4 Å². The molecule has 0 bridgehead atoms. The first-order valence-corrected chi connectivity index (χ1v) is 10.6. The van der Waals surface area contributed by atoms with E-state index in [4.69, 9.17) is 19.2 Å². The summed E-state index contributed by atoms with van der Waals surface area (Å²) in [6, 6.07) is 16.8. The minimum absolute atomic E-state index is 0.137. The van der Waals surface area contributed by atoms with Crippen LogP contribution in [0.5, 0.6) is 17.2 Å². The highest BCUT2D eigenvalue weighted by molar-refractivity contribution is 7.22. The van der Waals surface area contributed by atoms with Crippen molar-refractivity contribution in [2.24, 2.45) is 0 Å². The van der Waals surface area contributed by atoms with E-state index in [2.05, 4.69) is 4.98 Å². The molecule has 5 rings (SSSR count). The van der Waals surface area contributed by atoms with Gasteiger partial charge in [-0.2, -0.15) is 0 Å². The summed E-state index contributed by atoms with van der Waals surface area (Å²) in [7, 11) is 1.62. The Kier molecular flexibility index (Phi) is 5.13. The fourth-order valence-electron chi connectivity index (χ4n) is 3.36. The van der Waals surface area contributed by atoms with Gasteiger partial charge in [-0.15, -0.1) is 0 Å². The van der Waals surface area contributed by atoms with Crippen LogP contribution in [-0.2, 0) is 11.3 Å². The van der Waals surface area contributed by atoms with Crippen LogP contribution in [0.2, 0.25) is 0 Å². The van der Waals surface area contributed by atoms with Crippen molar-refractivity contribution in [3.05, 3.63) is 72.6 Å². The Labute approximate surface area is 182 Å². The monoisotopic (exact) mass is 433 g/mol. The molecule has 156 valence electrons. The third-order valence-corrected chi connectivity index (χ3v) is 5.97. The van der Waals surface area contributed by atoms with E-state index in [0.717, 1.165) is 21.5 Å². The zero-order valence-electron chi connectivity index (χ0n) is 16.7. The number of anilines is 1. The molecular weight excluding hydrogens is 414 g/mol. The van der Waals surface area contributed by atoms with Crippen LogP contribution in [0.15, 0.2) is 67.0 Å². The van der Waals surface area contributed by atoms with E-state index in [1.165, 1.54) is 11.3 Å². The van der Waals surface area contributed by atoms with E-state index < -0.39 is 6.10 Å². The molecular formula is C23H19N3O4S. The van der Waals surface area contributed by atoms with Crippen molar-refractivity contribution < 1.29 is 19.0 Å². The number of carbonyl (C=O) groups excluding carboxylic acids is 1. The molecule has 2 aromatic heterocycles. The average Bonchev–Trinajstić information content (AvgIpc) is 3.25. The van der Waals surface area contributed by atoms with Crippen molar-refractivity contribution in [3.63, 3.8) is 0 Å². The number of rotatable bonds is 5. The van der Waals surface area contributed by atoms with Gasteiger partial charge in [-0.05, 0) is 42.0 Å². The maximum Gasteiger partial charge on any atom is 0.273 e. The van der Waals surface area contributed by atoms with E-state index >= 15 is 0 Å². The topological polar surface area (TPSA) is 73.8 Å². The second-order valence-electron chi connectivity index (χ2n) is 6.98. The van der Waals surface area contributed by atoms with Gasteiger partial charge in [0, 0.05) is 12.4 Å². The van der Waals surface area contributed by atoms with E-state index in [1.807, 2.05) is 48.5 Å². The van der Waals surface area contributed by atoms with Gasteiger partial charge in [0.25, 0.3) is 5.91 Å². The zero-order valence-corrected chi connectivity index (χ0v) is 17.5. The lowest BCUT2D eigenvalue weighted by molar-refractivity contribution is -0.127. The maximum absolute atomic E-state index is 13.6. The largest absolute Gasteiger partial charge is 0.497 e. The Hall–Kier alpha value is -3.65. The molecule has 0 saturated heterocycles. The normalized spacial score (nSPS) is 14.9. The summed E-state index contributed by atoms with van der Waals surface area (Å²) in [5, 5.41) is 0.583. The lowest BCUT2D eigenvalue weighted by Crippen LogP contribution is -2.46. The third-order valence-electron chi connectivity index (χ3n) is 4.93. The molecule has 4 aromatic rings. The van der Waals surface area contributed by atoms with Crippen LogP contribution in [-0.4, -0.2) is 35.7 Å². The van der Waals surface area contributed by atoms with E-state index in [-0.39, 0.29) is 12.5 Å². The number of nitrogens with zero attached hydrogens (tertiary/aromatic N) is 3. The van der Waals surface area contributed by atoms with Crippen LogP contribution < -0.4 is 19.1 Å². The number of ether oxygens (including phenoxy) is 3. The Morgan fingerprint density at radius 1 is 1.19 bits per heavy atom. The molecule has 0 radical (unpaired) electrons. The fourth-order valence-corrected chi connectivity index (χ4v) is 4.36. The van der Waals surface area contributed by atoms with Crippen molar-refractivity contribution in [1.82, 2.24) is 9.97 Å². The molecule has 8 heteroatoms. The molecule has 0 saturated carbocycles. The van der Waals surface area contributed by atoms with Gasteiger partial charge in [-0.3, -0.25) is 14.7 Å². The summed E-state index contributed by atoms with van der Waals surface area (Å²) in [5.74, 6) is 1.72. The summed E-state index contributed by atoms with van der Waals surface area (Å²) >= 11 is 1.43. The van der Waals surface area contributed by atoms with Crippen LogP contribution in [0, 0.1) is 0 Å². The van der Waals surface area contributed by atoms with Crippen LogP contribution in [0.3, 0.4) is 0 Å². The fraction of sp³-hybridized carbons (Fsp3) is 0.174. The summed E-state index contributed by atoms with van der Waals surface area (Å²) in [6.45, 7) is 0.462. The number of hydrogen-bond acceptors (Lipinski definition) is 7. The maximum atomic E-state index is 13.6. The number of methoxy groups -OCH3 is 1. The Bertz CT molecular complexity index is 1230. The molecule has 1 atom stereocenters. The molecule has 7 nitrogen and oxygen atoms in total. The van der Waals surface area contributed by atoms with Crippen molar-refractivity contribution in [3.8, 4) is 17.2 Å². The number of fused-ring (bicyclic) bond motifs is 2. The predicted molar refractivity (Wildman–Crippen MR) is 118 cm³/mol. The van der Waals surface area contributed by atoms with Gasteiger partial charge < -0.3 is 14.2 Å². The molecule has 1 aliphatic rings. The van der Waals surface area contributed by atoms with Gasteiger partial charge in [-0.1, -0.05) is 29.5 Å². The number of benzene rings is 2. The Balaban J connectivity index is 1.49. The molecule has 1 amide bonds. The number of amides is 1. The number of thiazole rings is 1. The number of hydrogen-bond donors (Lipinski definition) is 0. The minimum atomic E-state index is -0.770. The molecule has 0 N–H and O–H groups in total. The van der Waals surface area contributed by atoms with E-state index in [9.17, 15) is 4.79 Å². The van der Waals surface area contributed by atoms with Gasteiger partial charge >= 0.3 is 0 Å². The molecule has 0 unspecified atom stereocenters. The standard InChI is InChI=1S/C23H19N3O4S/c1-28-16-8-9-17-21(11-16)31-23(25-17)26(13-15-5-4-10-24-12-15)22(27)20-14-29-18-6-2-3-7-19(18)30-20/h2-12,20H,13-14H2,1H3/t20-/m1/s1. The van der Waals surface area contributed by atoms with Crippen molar-refractivity contribution in [2.75, 3.05) is 18.6 Å². The summed E-state index contributed by atoms with van der Waals surface area (Å²) < 4.78 is 18.0. The Morgan fingerprint density at radius 2 is 2.06 bits per heavy atom. The first-order chi connectivity index (χ1) is 15.2. The highest BCUT2D eigenvalue weighted by atomic mass is 32.1. The molecule has 1 aliphatic heterocycles. The molecule has 0 aliphatic carbocycles. The van der Waals surface area contributed by atoms with Crippen molar-refractivity contribution in [2.45, 2.75) is 12.6 Å². The first kappa shape index (κ1) is 19.3. The van der Waals surface area contributed by atoms with Crippen molar-refractivity contribution >= 4 is 32.6 Å². The van der Waals surface area contributed by atoms with Gasteiger partial charge in [0.15, 0.2) is 16.6 Å². The molecule has 2 aromatic carbocycles. The SMILES string of the molecule is COc1ccc2nc(N(Cc3cccnc3)C(=O)[C@H]3COc4ccccc4O3)sc2c1. The quantitative estimate of drug-likeness (QED) is 0.472. The van der Waals surface area contributed by atoms with E-state index in [0.29, 0.717) is 23.2 Å². The smallest absolute Gasteiger partial charge is 0.273 e. The minimum Gasteiger partial charge on any atom is -0.497 e. The second-order valence-corrected chi connectivity index (χ2v) is 7.99. The van der Waals surface area contributed by atoms with Gasteiger partial charge in [0.2, 0.25) is 6.10 Å². The highest BCUT2D eigenvalue weighted by Crippen LogP contribution is 2.35. The first-order valence-electron chi connectivity index (χ1n) is 9.74. The second kappa shape index (κ2) is 8.23. The zero-order chi connectivity index (χ0) is 21.2. The number of aromatic nitrogens is 2. The number of para-hydroxylation sites is 2. The summed E-state index contributed by atoms with van der Waals surface area (Å²) in [6.07, 6.45) is 2.67.